The molecule has 1 heterocycles. The van der Waals surface area contributed by atoms with Gasteiger partial charge in [0.25, 0.3) is 6.43 Å². The normalized spacial score (nSPS) is 11.2. The minimum Gasteiger partial charge on any atom is -0.294 e. The molecule has 0 aliphatic rings. The molecule has 0 saturated carbocycles. The fourth-order valence-electron chi connectivity index (χ4n) is 0.970. The fourth-order valence-corrected chi connectivity index (χ4v) is 0.970. The molecule has 5 heteroatoms. The van der Waals surface area contributed by atoms with Gasteiger partial charge in [-0.15, -0.1) is 0 Å². The van der Waals surface area contributed by atoms with Gasteiger partial charge in [0, 0.05) is 5.92 Å². The average molecular weight is 188 g/mol. The highest BCUT2D eigenvalue weighted by atomic mass is 19.3. The molecular weight excluding hydrogens is 178 g/mol. The van der Waals surface area contributed by atoms with Crippen LogP contribution in [0.2, 0.25) is 0 Å². The van der Waals surface area contributed by atoms with E-state index in [1.165, 1.54) is 0 Å². The molecule has 0 amide bonds. The molecule has 1 aromatic heterocycles. The van der Waals surface area contributed by atoms with Gasteiger partial charge in [0.2, 0.25) is 0 Å². The van der Waals surface area contributed by atoms with Crippen molar-refractivity contribution in [2.24, 2.45) is 5.92 Å². The van der Waals surface area contributed by atoms with Crippen LogP contribution in [0.25, 0.3) is 0 Å². The zero-order chi connectivity index (χ0) is 10.0. The number of nitrogens with one attached hydrogen (secondary N) is 1. The summed E-state index contributed by atoms with van der Waals surface area (Å²) >= 11 is 0. The molecular formula is C8H10F2N2O. The number of Topliss-reactive ketones (excluding diaryl/α,β-unsaturated/α-hetero) is 1. The van der Waals surface area contributed by atoms with Crippen LogP contribution in [0.3, 0.4) is 0 Å². The lowest BCUT2D eigenvalue weighted by Crippen LogP contribution is -2.09. The molecule has 0 unspecified atom stereocenters. The minimum absolute atomic E-state index is 0.00926. The van der Waals surface area contributed by atoms with E-state index in [1.54, 1.807) is 13.8 Å². The number of nitrogens with zero attached hydrogens (tertiary/aromatic N) is 1. The zero-order valence-corrected chi connectivity index (χ0v) is 7.34. The van der Waals surface area contributed by atoms with Gasteiger partial charge in [-0.2, -0.15) is 5.10 Å². The number of hydrogen-bond acceptors (Lipinski definition) is 2. The Balaban J connectivity index is 3.01. The number of H-pyrrole nitrogens is 1. The third kappa shape index (κ3) is 1.91. The summed E-state index contributed by atoms with van der Waals surface area (Å²) in [5, 5.41) is 5.54. The van der Waals surface area contributed by atoms with Crippen molar-refractivity contribution in [3.8, 4) is 0 Å². The number of carbonyl (C=O) groups is 1. The molecule has 1 N–H and O–H groups in total. The highest BCUT2D eigenvalue weighted by Gasteiger charge is 2.21. The molecule has 0 aromatic carbocycles. The lowest BCUT2D eigenvalue weighted by molar-refractivity contribution is 0.0925. The first-order chi connectivity index (χ1) is 6.04. The van der Waals surface area contributed by atoms with Crippen LogP contribution in [0.15, 0.2) is 6.20 Å². The highest BCUT2D eigenvalue weighted by Crippen LogP contribution is 2.22. The van der Waals surface area contributed by atoms with E-state index in [1.807, 2.05) is 0 Å². The predicted molar refractivity (Wildman–Crippen MR) is 42.7 cm³/mol. The molecule has 0 spiro atoms. The summed E-state index contributed by atoms with van der Waals surface area (Å²) in [5.74, 6) is -0.612. The topological polar surface area (TPSA) is 45.8 Å². The van der Waals surface area contributed by atoms with Gasteiger partial charge in [0.05, 0.1) is 11.8 Å². The molecule has 0 bridgehead atoms. The van der Waals surface area contributed by atoms with Gasteiger partial charge in [-0.3, -0.25) is 9.89 Å². The van der Waals surface area contributed by atoms with E-state index >= 15 is 0 Å². The second-order valence-corrected chi connectivity index (χ2v) is 3.02. The quantitative estimate of drug-likeness (QED) is 0.739. The van der Waals surface area contributed by atoms with Gasteiger partial charge in [-0.25, -0.2) is 8.78 Å². The number of halogens is 2. The number of aromatic nitrogens is 2. The molecule has 0 aliphatic heterocycles. The van der Waals surface area contributed by atoms with Gasteiger partial charge < -0.3 is 0 Å². The summed E-state index contributed by atoms with van der Waals surface area (Å²) in [7, 11) is 0. The Morgan fingerprint density at radius 2 is 2.15 bits per heavy atom. The first kappa shape index (κ1) is 9.83. The minimum atomic E-state index is -2.68. The number of ketones is 1. The summed E-state index contributed by atoms with van der Waals surface area (Å²) < 4.78 is 24.5. The van der Waals surface area contributed by atoms with E-state index in [0.717, 1.165) is 6.20 Å². The Labute approximate surface area is 74.1 Å². The molecule has 0 fully saturated rings. The van der Waals surface area contributed by atoms with Crippen molar-refractivity contribution in [2.45, 2.75) is 20.3 Å². The summed E-state index contributed by atoms with van der Waals surface area (Å²) in [6, 6.07) is 0. The van der Waals surface area contributed by atoms with Crippen LogP contribution >= 0.6 is 0 Å². The second kappa shape index (κ2) is 3.64. The van der Waals surface area contributed by atoms with Crippen molar-refractivity contribution in [2.75, 3.05) is 0 Å². The van der Waals surface area contributed by atoms with E-state index < -0.39 is 12.1 Å². The zero-order valence-electron chi connectivity index (χ0n) is 7.34. The van der Waals surface area contributed by atoms with Crippen molar-refractivity contribution < 1.29 is 13.6 Å². The SMILES string of the molecule is CC(C)C(=O)c1cn[nH]c1C(F)F. The van der Waals surface area contributed by atoms with Gasteiger partial charge in [-0.1, -0.05) is 13.8 Å². The van der Waals surface area contributed by atoms with Crippen molar-refractivity contribution >= 4 is 5.78 Å². The fraction of sp³-hybridized carbons (Fsp3) is 0.500. The van der Waals surface area contributed by atoms with Crippen LogP contribution in [0.5, 0.6) is 0 Å². The third-order valence-electron chi connectivity index (χ3n) is 1.68. The van der Waals surface area contributed by atoms with Gasteiger partial charge in [0.1, 0.15) is 5.69 Å². The molecule has 72 valence electrons. The first-order valence-electron chi connectivity index (χ1n) is 3.89. The van der Waals surface area contributed by atoms with E-state index in [4.69, 9.17) is 0 Å². The summed E-state index contributed by atoms with van der Waals surface area (Å²) in [4.78, 5) is 11.3. The maximum atomic E-state index is 12.3. The van der Waals surface area contributed by atoms with Crippen LogP contribution in [-0.2, 0) is 0 Å². The lowest BCUT2D eigenvalue weighted by Gasteiger charge is -2.03. The van der Waals surface area contributed by atoms with Crippen molar-refractivity contribution in [1.29, 1.82) is 0 Å². The molecule has 0 aliphatic carbocycles. The Morgan fingerprint density at radius 1 is 1.54 bits per heavy atom. The first-order valence-corrected chi connectivity index (χ1v) is 3.89. The Bertz CT molecular complexity index is 307. The molecule has 0 atom stereocenters. The standard InChI is InChI=1S/C8H10F2N2O/c1-4(2)7(13)5-3-11-12-6(5)8(9)10/h3-4,8H,1-2H3,(H,11,12). The van der Waals surface area contributed by atoms with Crippen LogP contribution in [0, 0.1) is 5.92 Å². The van der Waals surface area contributed by atoms with Crippen molar-refractivity contribution in [3.05, 3.63) is 17.5 Å². The molecule has 3 nitrogen and oxygen atoms in total. The number of alkyl halides is 2. The van der Waals surface area contributed by atoms with Crippen LogP contribution in [0.4, 0.5) is 8.78 Å². The van der Waals surface area contributed by atoms with Gasteiger partial charge >= 0.3 is 0 Å². The molecule has 0 saturated heterocycles. The average Bonchev–Trinajstić information content (AvgIpc) is 2.50. The molecule has 1 rings (SSSR count). The highest BCUT2D eigenvalue weighted by molar-refractivity contribution is 5.98. The summed E-state index contributed by atoms with van der Waals surface area (Å²) in [5.41, 5.74) is -0.399. The monoisotopic (exact) mass is 188 g/mol. The smallest absolute Gasteiger partial charge is 0.280 e. The third-order valence-corrected chi connectivity index (χ3v) is 1.68. The van der Waals surface area contributed by atoms with E-state index in [0.29, 0.717) is 0 Å². The predicted octanol–water partition coefficient (Wildman–Crippen LogP) is 2.19. The molecule has 13 heavy (non-hydrogen) atoms. The van der Waals surface area contributed by atoms with Gasteiger partial charge in [0.15, 0.2) is 5.78 Å². The maximum absolute atomic E-state index is 12.3. The number of hydrogen-bond donors (Lipinski definition) is 1. The summed E-state index contributed by atoms with van der Waals surface area (Å²) in [6.07, 6.45) is -1.54. The maximum Gasteiger partial charge on any atom is 0.280 e. The van der Waals surface area contributed by atoms with Crippen LogP contribution < -0.4 is 0 Å². The summed E-state index contributed by atoms with van der Waals surface area (Å²) in [6.45, 7) is 3.31. The van der Waals surface area contributed by atoms with Crippen LogP contribution in [0.1, 0.15) is 36.3 Å². The van der Waals surface area contributed by atoms with E-state index in [2.05, 4.69) is 10.2 Å². The van der Waals surface area contributed by atoms with Crippen LogP contribution in [-0.4, -0.2) is 16.0 Å². The number of rotatable bonds is 3. The molecule has 1 aromatic rings. The Hall–Kier alpha value is -1.26. The van der Waals surface area contributed by atoms with Crippen molar-refractivity contribution in [3.63, 3.8) is 0 Å². The van der Waals surface area contributed by atoms with E-state index in [9.17, 15) is 13.6 Å². The molecule has 0 radical (unpaired) electrons. The number of aromatic amines is 1. The number of carbonyl (C=O) groups excluding carboxylic acids is 1. The van der Waals surface area contributed by atoms with Gasteiger partial charge in [-0.05, 0) is 0 Å². The Kier molecular flexibility index (Phi) is 2.75. The Morgan fingerprint density at radius 3 is 2.62 bits per heavy atom. The van der Waals surface area contributed by atoms with Crippen molar-refractivity contribution in [1.82, 2.24) is 10.2 Å². The lowest BCUT2D eigenvalue weighted by atomic mass is 10.0. The second-order valence-electron chi connectivity index (χ2n) is 3.02. The largest absolute Gasteiger partial charge is 0.294 e. The van der Waals surface area contributed by atoms with E-state index in [-0.39, 0.29) is 17.3 Å².